The van der Waals surface area contributed by atoms with E-state index in [1.807, 2.05) is 20.8 Å². The van der Waals surface area contributed by atoms with Gasteiger partial charge in [0.25, 0.3) is 0 Å². The number of phosphoric ester groups is 1. The molecule has 0 aromatic heterocycles. The van der Waals surface area contributed by atoms with E-state index in [9.17, 15) is 14.6 Å². The molecule has 2 saturated heterocycles. The van der Waals surface area contributed by atoms with E-state index in [2.05, 4.69) is 0 Å². The fourth-order valence-electron chi connectivity index (χ4n) is 3.29. The van der Waals surface area contributed by atoms with Crippen LogP contribution in [0.25, 0.3) is 0 Å². The average Bonchev–Trinajstić information content (AvgIpc) is 3.02. The molecule has 0 aromatic rings. The van der Waals surface area contributed by atoms with Crippen molar-refractivity contribution in [3.8, 4) is 0 Å². The molecule has 30 heavy (non-hydrogen) atoms. The van der Waals surface area contributed by atoms with E-state index in [1.165, 1.54) is 0 Å². The molecule has 2 rings (SSSR count). The zero-order chi connectivity index (χ0) is 21.1. The number of rotatable bonds is 10. The molecule has 12 heteroatoms. The van der Waals surface area contributed by atoms with Gasteiger partial charge in [-0.15, -0.1) is 0 Å². The van der Waals surface area contributed by atoms with Gasteiger partial charge in [-0.25, -0.2) is 0 Å². The summed E-state index contributed by atoms with van der Waals surface area (Å²) in [5.74, 6) is -1.87. The van der Waals surface area contributed by atoms with Crippen LogP contribution >= 0.6 is 7.82 Å². The Kier molecular flexibility index (Phi) is 13.8. The zero-order valence-corrected chi connectivity index (χ0v) is 25.0. The minimum Gasteiger partial charge on any atom is -0.758 e. The minimum atomic E-state index is -4.77. The third kappa shape index (κ3) is 9.65. The topological polar surface area (TPSA) is 116 Å². The molecule has 0 spiro atoms. The van der Waals surface area contributed by atoms with Crippen LogP contribution in [0.1, 0.15) is 54.4 Å². The molecule has 1 N–H and O–H groups in total. The molecule has 0 amide bonds. The second-order valence-corrected chi connectivity index (χ2v) is 9.34. The molecular weight excluding hydrogens is 759 g/mol. The van der Waals surface area contributed by atoms with Crippen LogP contribution < -0.4 is 4.89 Å². The fourth-order valence-corrected chi connectivity index (χ4v) is 4.17. The third-order valence-corrected chi connectivity index (χ3v) is 5.32. The predicted octanol–water partition coefficient (Wildman–Crippen LogP) is 1.91. The first-order chi connectivity index (χ1) is 12.9. The zero-order valence-electron chi connectivity index (χ0n) is 18.2. The monoisotopic (exact) mass is 792 g/mol. The van der Waals surface area contributed by atoms with Crippen LogP contribution in [-0.4, -0.2) is 60.2 Å². The average molecular weight is 792 g/mol. The maximum Gasteiger partial charge on any atom is 0.237 e. The SMILES string of the molecule is CC(C)OC[C@@]1(O)O[C@@H](C)C[C@H]1OP(=O)([O-])O[CH-][C@H]1O[C@@H](C)C[C@H]1OC(C)C.[W].[W]. The summed E-state index contributed by atoms with van der Waals surface area (Å²) in [6.07, 6.45) is -1.92. The molecule has 9 nitrogen and oxygen atoms in total. The molecule has 0 aromatic carbocycles. The van der Waals surface area contributed by atoms with Crippen LogP contribution in [0.5, 0.6) is 0 Å². The van der Waals surface area contributed by atoms with Gasteiger partial charge in [0.15, 0.2) is 0 Å². The van der Waals surface area contributed by atoms with Gasteiger partial charge >= 0.3 is 0 Å². The molecule has 0 aliphatic carbocycles. The van der Waals surface area contributed by atoms with Crippen molar-refractivity contribution in [3.63, 3.8) is 0 Å². The van der Waals surface area contributed by atoms with E-state index >= 15 is 0 Å². The van der Waals surface area contributed by atoms with Crippen molar-refractivity contribution in [2.75, 3.05) is 6.61 Å². The van der Waals surface area contributed by atoms with Gasteiger partial charge < -0.3 is 38.0 Å². The second-order valence-electron chi connectivity index (χ2n) is 8.02. The van der Waals surface area contributed by atoms with Gasteiger partial charge in [0.2, 0.25) is 13.6 Å². The molecule has 1 unspecified atom stereocenters. The Labute approximate surface area is 208 Å². The smallest absolute Gasteiger partial charge is 0.237 e. The summed E-state index contributed by atoms with van der Waals surface area (Å²) in [4.78, 5) is 12.3. The largest absolute Gasteiger partial charge is 0.758 e. The van der Waals surface area contributed by atoms with Crippen LogP contribution in [0.4, 0.5) is 0 Å². The van der Waals surface area contributed by atoms with Crippen LogP contribution in [0.15, 0.2) is 0 Å². The maximum atomic E-state index is 12.3. The predicted molar refractivity (Wildman–Crippen MR) is 98.0 cm³/mol. The first kappa shape index (κ1) is 31.3. The Balaban J connectivity index is 0.00000420. The molecule has 178 valence electrons. The van der Waals surface area contributed by atoms with Crippen molar-refractivity contribution in [2.45, 2.75) is 103 Å². The number of hydrogen-bond acceptors (Lipinski definition) is 9. The van der Waals surface area contributed by atoms with Crippen LogP contribution in [0.2, 0.25) is 0 Å². The van der Waals surface area contributed by atoms with Gasteiger partial charge in [0.05, 0.1) is 30.5 Å². The second kappa shape index (κ2) is 13.2. The molecule has 2 aliphatic heterocycles. The molecular formula is C18H33O9PW2-2. The number of aliphatic hydroxyl groups is 1. The van der Waals surface area contributed by atoms with Gasteiger partial charge in [-0.3, -0.25) is 4.57 Å². The van der Waals surface area contributed by atoms with E-state index in [1.54, 1.807) is 20.8 Å². The summed E-state index contributed by atoms with van der Waals surface area (Å²) in [5.41, 5.74) is 0. The Morgan fingerprint density at radius 3 is 2.37 bits per heavy atom. The third-order valence-electron chi connectivity index (χ3n) is 4.43. The van der Waals surface area contributed by atoms with E-state index in [4.69, 9.17) is 28.0 Å². The summed E-state index contributed by atoms with van der Waals surface area (Å²) in [6.45, 7) is 11.8. The van der Waals surface area contributed by atoms with E-state index in [0.29, 0.717) is 6.42 Å². The maximum absolute atomic E-state index is 12.3. The van der Waals surface area contributed by atoms with Gasteiger partial charge in [0.1, 0.15) is 12.7 Å². The Bertz CT molecular complexity index is 554. The van der Waals surface area contributed by atoms with Crippen molar-refractivity contribution in [3.05, 3.63) is 6.61 Å². The summed E-state index contributed by atoms with van der Waals surface area (Å²) in [6, 6.07) is 0. The number of ether oxygens (including phenoxy) is 4. The number of hydrogen-bond donors (Lipinski definition) is 1. The normalized spacial score (nSPS) is 35.9. The van der Waals surface area contributed by atoms with Gasteiger partial charge in [-0.2, -0.15) is 6.61 Å². The van der Waals surface area contributed by atoms with Gasteiger partial charge in [-0.1, -0.05) is 0 Å². The quantitative estimate of drug-likeness (QED) is 0.262. The Hall–Kier alpha value is 1.29. The first-order valence-electron chi connectivity index (χ1n) is 9.74. The van der Waals surface area contributed by atoms with Crippen molar-refractivity contribution in [1.82, 2.24) is 0 Å². The molecule has 0 radical (unpaired) electrons. The van der Waals surface area contributed by atoms with Crippen molar-refractivity contribution >= 4 is 7.82 Å². The van der Waals surface area contributed by atoms with E-state index in [-0.39, 0.29) is 79.6 Å². The summed E-state index contributed by atoms with van der Waals surface area (Å²) >= 11 is 0. The van der Waals surface area contributed by atoms with Gasteiger partial charge in [0, 0.05) is 48.6 Å². The standard InChI is InChI=1S/C18H34O9P.2W/c1-11(2)22-10-18(19)17(8-14(6)26-18)27-28(20,21)23-9-16-15(24-12(3)4)7-13(5)25-16;;/h9,11-17,19H,7-8,10H2,1-6H3,(H,20,21);;/q-1;;/p-1/t13-,14-,15+,16+,17+,18+;;/m0../s1. The van der Waals surface area contributed by atoms with Crippen molar-refractivity contribution in [2.24, 2.45) is 0 Å². The summed E-state index contributed by atoms with van der Waals surface area (Å²) in [7, 11) is -4.77. The first-order valence-corrected chi connectivity index (χ1v) is 11.2. The molecule has 0 bridgehead atoms. The van der Waals surface area contributed by atoms with Crippen molar-refractivity contribution in [1.29, 1.82) is 0 Å². The Morgan fingerprint density at radius 2 is 1.80 bits per heavy atom. The fraction of sp³-hybridized carbons (Fsp3) is 0.944. The van der Waals surface area contributed by atoms with E-state index in [0.717, 1.165) is 6.61 Å². The van der Waals surface area contributed by atoms with Gasteiger partial charge in [-0.05, 0) is 54.1 Å². The Morgan fingerprint density at radius 1 is 1.17 bits per heavy atom. The molecule has 2 heterocycles. The van der Waals surface area contributed by atoms with Crippen LogP contribution in [-0.2, 0) is 74.7 Å². The molecule has 2 aliphatic rings. The molecule has 2 fully saturated rings. The summed E-state index contributed by atoms with van der Waals surface area (Å²) < 4.78 is 44.6. The molecule has 7 atom stereocenters. The van der Waals surface area contributed by atoms with E-state index < -0.39 is 31.9 Å². The minimum absolute atomic E-state index is 0. The van der Waals surface area contributed by atoms with Crippen molar-refractivity contribution < 1.29 is 84.7 Å². The number of phosphoric acid groups is 1. The van der Waals surface area contributed by atoms with Crippen LogP contribution in [0.3, 0.4) is 0 Å². The van der Waals surface area contributed by atoms with Crippen LogP contribution in [0, 0.1) is 6.61 Å². The molecule has 0 saturated carbocycles. The summed E-state index contributed by atoms with van der Waals surface area (Å²) in [5, 5.41) is 10.6.